The lowest BCUT2D eigenvalue weighted by Gasteiger charge is -2.14. The Morgan fingerprint density at radius 2 is 1.93 bits per heavy atom. The minimum absolute atomic E-state index is 0.0892. The molecule has 0 radical (unpaired) electrons. The molecule has 1 aliphatic rings. The fourth-order valence-electron chi connectivity index (χ4n) is 3.04. The van der Waals surface area contributed by atoms with Crippen molar-refractivity contribution in [2.75, 3.05) is 12.8 Å². The molecule has 1 atom stereocenters. The van der Waals surface area contributed by atoms with Gasteiger partial charge in [0.05, 0.1) is 11.4 Å². The second kappa shape index (κ2) is 7.56. The van der Waals surface area contributed by atoms with E-state index in [0.717, 1.165) is 28.9 Å². The molecular weight excluding hydrogens is 362 g/mol. The number of hydrogen-bond donors (Lipinski definition) is 1. The lowest BCUT2D eigenvalue weighted by atomic mass is 10.0. The van der Waals surface area contributed by atoms with Crippen molar-refractivity contribution in [3.05, 3.63) is 59.7 Å². The summed E-state index contributed by atoms with van der Waals surface area (Å²) in [6.07, 6.45) is 3.57. The summed E-state index contributed by atoms with van der Waals surface area (Å²) < 4.78 is 29.4. The average molecular weight is 385 g/mol. The van der Waals surface area contributed by atoms with Gasteiger partial charge in [0.2, 0.25) is 5.91 Å². The number of carbonyl (C=O) groups excluding carboxylic acids is 1. The molecule has 0 bridgehead atoms. The van der Waals surface area contributed by atoms with Gasteiger partial charge in [-0.2, -0.15) is 0 Å². The van der Waals surface area contributed by atoms with Gasteiger partial charge in [0.1, 0.15) is 11.9 Å². The van der Waals surface area contributed by atoms with Crippen LogP contribution in [0.1, 0.15) is 19.4 Å². The molecule has 0 saturated heterocycles. The van der Waals surface area contributed by atoms with Crippen molar-refractivity contribution in [2.45, 2.75) is 31.3 Å². The van der Waals surface area contributed by atoms with Crippen LogP contribution in [-0.4, -0.2) is 33.2 Å². The smallest absolute Gasteiger partial charge is 0.246 e. The molecule has 27 heavy (non-hydrogen) atoms. The normalized spacial score (nSPS) is 16.6. The standard InChI is InChI=1S/C21H23NO4S/c1-4-14(2)21(23)22-13-17-12-16-6-5-7-19(20(16)26-17)15-8-10-18(11-9-15)27(3,24)25/h4-11,17H,12-13H2,1-3H3,(H,22,23). The number of rotatable bonds is 5. The molecule has 6 heteroatoms. The SMILES string of the molecule is CC=C(C)C(=O)NCC1Cc2cccc(-c3ccc(S(C)(=O)=O)cc3)c2O1. The largest absolute Gasteiger partial charge is 0.487 e. The Morgan fingerprint density at radius 1 is 1.22 bits per heavy atom. The predicted octanol–water partition coefficient (Wildman–Crippen LogP) is 3.14. The van der Waals surface area contributed by atoms with E-state index in [2.05, 4.69) is 5.32 Å². The van der Waals surface area contributed by atoms with E-state index < -0.39 is 9.84 Å². The molecule has 1 unspecified atom stereocenters. The summed E-state index contributed by atoms with van der Waals surface area (Å²) >= 11 is 0. The van der Waals surface area contributed by atoms with Crippen LogP contribution in [0.25, 0.3) is 11.1 Å². The molecule has 1 N–H and O–H groups in total. The number of benzene rings is 2. The highest BCUT2D eigenvalue weighted by molar-refractivity contribution is 7.90. The van der Waals surface area contributed by atoms with Gasteiger partial charge in [-0.1, -0.05) is 36.4 Å². The van der Waals surface area contributed by atoms with Gasteiger partial charge in [-0.3, -0.25) is 4.79 Å². The Hall–Kier alpha value is -2.60. The fourth-order valence-corrected chi connectivity index (χ4v) is 3.67. The van der Waals surface area contributed by atoms with E-state index in [9.17, 15) is 13.2 Å². The van der Waals surface area contributed by atoms with Crippen LogP contribution in [0.3, 0.4) is 0 Å². The van der Waals surface area contributed by atoms with Crippen LogP contribution < -0.4 is 10.1 Å². The topological polar surface area (TPSA) is 72.5 Å². The molecule has 1 amide bonds. The molecule has 1 aliphatic heterocycles. The first kappa shape index (κ1) is 19.2. The molecule has 2 aromatic carbocycles. The van der Waals surface area contributed by atoms with Crippen LogP contribution in [-0.2, 0) is 21.1 Å². The number of hydrogen-bond acceptors (Lipinski definition) is 4. The van der Waals surface area contributed by atoms with E-state index in [0.29, 0.717) is 17.0 Å². The molecular formula is C21H23NO4S. The molecule has 5 nitrogen and oxygen atoms in total. The van der Waals surface area contributed by atoms with Crippen LogP contribution >= 0.6 is 0 Å². The Balaban J connectivity index is 1.78. The maximum absolute atomic E-state index is 11.9. The Labute approximate surface area is 160 Å². The summed E-state index contributed by atoms with van der Waals surface area (Å²) in [7, 11) is -3.22. The van der Waals surface area contributed by atoms with E-state index >= 15 is 0 Å². The lowest BCUT2D eigenvalue weighted by molar-refractivity contribution is -0.117. The highest BCUT2D eigenvalue weighted by Crippen LogP contribution is 2.38. The highest BCUT2D eigenvalue weighted by atomic mass is 32.2. The highest BCUT2D eigenvalue weighted by Gasteiger charge is 2.26. The van der Waals surface area contributed by atoms with Gasteiger partial charge < -0.3 is 10.1 Å². The number of carbonyl (C=O) groups is 1. The maximum atomic E-state index is 11.9. The van der Waals surface area contributed by atoms with E-state index in [-0.39, 0.29) is 12.0 Å². The number of para-hydroxylation sites is 1. The molecule has 0 aromatic heterocycles. The molecule has 3 rings (SSSR count). The number of nitrogens with one attached hydrogen (secondary N) is 1. The van der Waals surface area contributed by atoms with Gasteiger partial charge in [0, 0.05) is 23.8 Å². The first-order valence-electron chi connectivity index (χ1n) is 8.79. The quantitative estimate of drug-likeness (QED) is 0.803. The number of sulfone groups is 1. The van der Waals surface area contributed by atoms with Crippen molar-refractivity contribution < 1.29 is 17.9 Å². The minimum atomic E-state index is -3.22. The van der Waals surface area contributed by atoms with Crippen LogP contribution in [0.15, 0.2) is 59.0 Å². The first-order chi connectivity index (χ1) is 12.8. The number of ether oxygens (including phenoxy) is 1. The van der Waals surface area contributed by atoms with Crippen LogP contribution in [0.5, 0.6) is 5.75 Å². The molecule has 142 valence electrons. The maximum Gasteiger partial charge on any atom is 0.246 e. The third-order valence-corrected chi connectivity index (χ3v) is 5.83. The van der Waals surface area contributed by atoms with Crippen LogP contribution in [0.4, 0.5) is 0 Å². The van der Waals surface area contributed by atoms with Crippen molar-refractivity contribution in [2.24, 2.45) is 0 Å². The predicted molar refractivity (Wildman–Crippen MR) is 106 cm³/mol. The van der Waals surface area contributed by atoms with E-state index in [4.69, 9.17) is 4.74 Å². The zero-order valence-electron chi connectivity index (χ0n) is 15.7. The van der Waals surface area contributed by atoms with Crippen molar-refractivity contribution in [1.29, 1.82) is 0 Å². The van der Waals surface area contributed by atoms with Gasteiger partial charge in [-0.15, -0.1) is 0 Å². The molecule has 1 heterocycles. The molecule has 2 aromatic rings. The first-order valence-corrected chi connectivity index (χ1v) is 10.7. The molecule has 0 aliphatic carbocycles. The average Bonchev–Trinajstić information content (AvgIpc) is 3.07. The van der Waals surface area contributed by atoms with E-state index in [1.165, 1.54) is 6.26 Å². The summed E-state index contributed by atoms with van der Waals surface area (Å²) in [5.74, 6) is 0.709. The number of allylic oxidation sites excluding steroid dienone is 1. The zero-order valence-corrected chi connectivity index (χ0v) is 16.5. The van der Waals surface area contributed by atoms with Gasteiger partial charge in [-0.25, -0.2) is 8.42 Å². The summed E-state index contributed by atoms with van der Waals surface area (Å²) in [5.41, 5.74) is 3.58. The van der Waals surface area contributed by atoms with Crippen LogP contribution in [0, 0.1) is 0 Å². The van der Waals surface area contributed by atoms with Crippen molar-refractivity contribution in [3.63, 3.8) is 0 Å². The Bertz CT molecular complexity index is 991. The van der Waals surface area contributed by atoms with Gasteiger partial charge in [-0.05, 0) is 37.1 Å². The van der Waals surface area contributed by atoms with Crippen LogP contribution in [0.2, 0.25) is 0 Å². The third-order valence-electron chi connectivity index (χ3n) is 4.70. The summed E-state index contributed by atoms with van der Waals surface area (Å²) in [6, 6.07) is 12.7. The molecule has 0 spiro atoms. The minimum Gasteiger partial charge on any atom is -0.487 e. The van der Waals surface area contributed by atoms with Gasteiger partial charge >= 0.3 is 0 Å². The van der Waals surface area contributed by atoms with Gasteiger partial charge in [0.15, 0.2) is 9.84 Å². The lowest BCUT2D eigenvalue weighted by Crippen LogP contribution is -2.34. The molecule has 0 fully saturated rings. The molecule has 0 saturated carbocycles. The summed E-state index contributed by atoms with van der Waals surface area (Å²) in [6.45, 7) is 4.04. The second-order valence-corrected chi connectivity index (χ2v) is 8.73. The third kappa shape index (κ3) is 4.22. The summed E-state index contributed by atoms with van der Waals surface area (Å²) in [5, 5.41) is 2.89. The van der Waals surface area contributed by atoms with E-state index in [1.54, 1.807) is 37.3 Å². The van der Waals surface area contributed by atoms with Gasteiger partial charge in [0.25, 0.3) is 0 Å². The Kier molecular flexibility index (Phi) is 5.37. The fraction of sp³-hybridized carbons (Fsp3) is 0.286. The summed E-state index contributed by atoms with van der Waals surface area (Å²) in [4.78, 5) is 12.2. The van der Waals surface area contributed by atoms with E-state index in [1.807, 2.05) is 25.1 Å². The van der Waals surface area contributed by atoms with Crippen molar-refractivity contribution in [1.82, 2.24) is 5.32 Å². The number of amides is 1. The zero-order chi connectivity index (χ0) is 19.6. The monoisotopic (exact) mass is 385 g/mol. The van der Waals surface area contributed by atoms with Crippen molar-refractivity contribution >= 4 is 15.7 Å². The number of fused-ring (bicyclic) bond motifs is 1. The second-order valence-electron chi connectivity index (χ2n) is 6.72. The van der Waals surface area contributed by atoms with Crippen molar-refractivity contribution in [3.8, 4) is 16.9 Å². The Morgan fingerprint density at radius 3 is 2.56 bits per heavy atom.